The summed E-state index contributed by atoms with van der Waals surface area (Å²) in [5.74, 6) is 0.420. The van der Waals surface area contributed by atoms with Crippen LogP contribution in [-0.2, 0) is 4.79 Å². The van der Waals surface area contributed by atoms with Crippen LogP contribution in [0, 0.1) is 5.41 Å². The van der Waals surface area contributed by atoms with E-state index in [0.29, 0.717) is 30.4 Å². The maximum absolute atomic E-state index is 12.4. The molecule has 0 bridgehead atoms. The van der Waals surface area contributed by atoms with Crippen molar-refractivity contribution in [2.45, 2.75) is 20.8 Å². The molecule has 0 spiro atoms. The molecule has 2 rings (SSSR count). The van der Waals surface area contributed by atoms with Crippen LogP contribution in [-0.4, -0.2) is 35.5 Å². The van der Waals surface area contributed by atoms with Crippen LogP contribution in [0.3, 0.4) is 0 Å². The predicted molar refractivity (Wildman–Crippen MR) is 70.9 cm³/mol. The van der Waals surface area contributed by atoms with Crippen LogP contribution < -0.4 is 9.64 Å². The number of anilines is 1. The zero-order valence-corrected chi connectivity index (χ0v) is 11.3. The summed E-state index contributed by atoms with van der Waals surface area (Å²) in [6.45, 7) is 6.56. The third-order valence-corrected chi connectivity index (χ3v) is 2.78. The number of carbonyl (C=O) groups excluding carboxylic acids is 1. The van der Waals surface area contributed by atoms with Crippen LogP contribution in [0.5, 0.6) is 5.88 Å². The number of carbonyl (C=O) groups is 1. The lowest BCUT2D eigenvalue weighted by Crippen LogP contribution is -2.44. The molecule has 1 aliphatic rings. The van der Waals surface area contributed by atoms with E-state index in [9.17, 15) is 4.79 Å². The molecule has 1 aromatic heterocycles. The van der Waals surface area contributed by atoms with Gasteiger partial charge in [-0.15, -0.1) is 0 Å². The maximum atomic E-state index is 12.4. The lowest BCUT2D eigenvalue weighted by Gasteiger charge is -2.33. The number of pyridine rings is 1. The topological polar surface area (TPSA) is 75.0 Å². The zero-order valence-electron chi connectivity index (χ0n) is 11.3. The van der Waals surface area contributed by atoms with Crippen LogP contribution in [0.15, 0.2) is 17.3 Å². The van der Waals surface area contributed by atoms with Crippen molar-refractivity contribution in [1.29, 1.82) is 0 Å². The molecular weight excluding hydrogens is 246 g/mol. The Morgan fingerprint density at radius 3 is 2.89 bits per heavy atom. The summed E-state index contributed by atoms with van der Waals surface area (Å²) in [5, 5.41) is 11.4. The van der Waals surface area contributed by atoms with E-state index in [1.807, 2.05) is 20.8 Å². The average molecular weight is 263 g/mol. The molecule has 0 saturated heterocycles. The lowest BCUT2D eigenvalue weighted by molar-refractivity contribution is -0.126. The first-order valence-corrected chi connectivity index (χ1v) is 6.07. The van der Waals surface area contributed by atoms with Gasteiger partial charge < -0.3 is 14.8 Å². The fourth-order valence-corrected chi connectivity index (χ4v) is 1.86. The van der Waals surface area contributed by atoms with Gasteiger partial charge in [0.15, 0.2) is 0 Å². The molecule has 0 radical (unpaired) electrons. The molecule has 102 valence electrons. The number of oxime groups is 1. The maximum Gasteiger partial charge on any atom is 0.238 e. The molecule has 1 aromatic rings. The summed E-state index contributed by atoms with van der Waals surface area (Å²) < 4.78 is 5.46. The number of ether oxygens (including phenoxy) is 1. The first-order chi connectivity index (χ1) is 8.93. The van der Waals surface area contributed by atoms with Crippen molar-refractivity contribution in [2.24, 2.45) is 10.6 Å². The second-order valence-electron chi connectivity index (χ2n) is 5.36. The number of aromatic nitrogens is 1. The van der Waals surface area contributed by atoms with Gasteiger partial charge in [-0.25, -0.2) is 4.98 Å². The molecule has 19 heavy (non-hydrogen) atoms. The van der Waals surface area contributed by atoms with E-state index in [2.05, 4.69) is 10.1 Å². The van der Waals surface area contributed by atoms with Crippen molar-refractivity contribution in [3.05, 3.63) is 17.8 Å². The number of hydrogen-bond acceptors (Lipinski definition) is 5. The summed E-state index contributed by atoms with van der Waals surface area (Å²) in [6.07, 6.45) is 1.22. The van der Waals surface area contributed by atoms with E-state index in [4.69, 9.17) is 9.94 Å². The van der Waals surface area contributed by atoms with E-state index in [1.165, 1.54) is 6.21 Å². The Bertz CT molecular complexity index is 520. The molecule has 0 unspecified atom stereocenters. The monoisotopic (exact) mass is 263 g/mol. The second kappa shape index (κ2) is 4.87. The lowest BCUT2D eigenvalue weighted by atomic mass is 9.94. The van der Waals surface area contributed by atoms with Crippen LogP contribution in [0.2, 0.25) is 0 Å². The average Bonchev–Trinajstić information content (AvgIpc) is 2.36. The molecule has 0 saturated carbocycles. The van der Waals surface area contributed by atoms with Gasteiger partial charge in [-0.3, -0.25) is 4.79 Å². The van der Waals surface area contributed by atoms with Crippen LogP contribution in [0.4, 0.5) is 5.69 Å². The van der Waals surface area contributed by atoms with Crippen molar-refractivity contribution >= 4 is 17.8 Å². The number of hydrogen-bond donors (Lipinski definition) is 1. The number of amides is 1. The van der Waals surface area contributed by atoms with E-state index in [-0.39, 0.29) is 5.91 Å². The largest absolute Gasteiger partial charge is 0.474 e. The van der Waals surface area contributed by atoms with E-state index in [1.54, 1.807) is 17.0 Å². The fraction of sp³-hybridized carbons (Fsp3) is 0.462. The normalized spacial score (nSPS) is 15.2. The Kier molecular flexibility index (Phi) is 3.42. The van der Waals surface area contributed by atoms with Gasteiger partial charge in [0.2, 0.25) is 11.8 Å². The van der Waals surface area contributed by atoms with Crippen molar-refractivity contribution in [3.63, 3.8) is 0 Å². The third-order valence-electron chi connectivity index (χ3n) is 2.78. The molecule has 1 amide bonds. The Balaban J connectivity index is 2.37. The molecular formula is C13H17N3O3. The minimum Gasteiger partial charge on any atom is -0.474 e. The van der Waals surface area contributed by atoms with Gasteiger partial charge >= 0.3 is 0 Å². The highest BCUT2D eigenvalue weighted by Gasteiger charge is 2.32. The van der Waals surface area contributed by atoms with Gasteiger partial charge in [-0.1, -0.05) is 25.9 Å². The van der Waals surface area contributed by atoms with Crippen LogP contribution in [0.25, 0.3) is 0 Å². The molecule has 1 aliphatic heterocycles. The minimum absolute atomic E-state index is 0.0300. The fourth-order valence-electron chi connectivity index (χ4n) is 1.86. The molecule has 6 nitrogen and oxygen atoms in total. The Labute approximate surface area is 111 Å². The van der Waals surface area contributed by atoms with Gasteiger partial charge in [0.05, 0.1) is 18.5 Å². The molecule has 0 fully saturated rings. The molecule has 0 aliphatic carbocycles. The quantitative estimate of drug-likeness (QED) is 0.475. The van der Waals surface area contributed by atoms with Gasteiger partial charge in [-0.05, 0) is 12.1 Å². The Hall–Kier alpha value is -2.11. The summed E-state index contributed by atoms with van der Waals surface area (Å²) >= 11 is 0. The highest BCUT2D eigenvalue weighted by molar-refractivity contribution is 5.98. The predicted octanol–water partition coefficient (Wildman–Crippen LogP) is 1.66. The number of rotatable bonds is 1. The Morgan fingerprint density at radius 1 is 1.53 bits per heavy atom. The first kappa shape index (κ1) is 13.3. The van der Waals surface area contributed by atoms with Crippen molar-refractivity contribution in [3.8, 4) is 5.88 Å². The first-order valence-electron chi connectivity index (χ1n) is 6.07. The molecule has 1 N–H and O–H groups in total. The SMILES string of the molecule is CC(C)(C)C(=O)N1CCOc2nc(C=NO)ccc21. The van der Waals surface area contributed by atoms with Crippen molar-refractivity contribution in [1.82, 2.24) is 4.98 Å². The zero-order chi connectivity index (χ0) is 14.0. The summed E-state index contributed by atoms with van der Waals surface area (Å²) in [6, 6.07) is 3.43. The second-order valence-corrected chi connectivity index (χ2v) is 5.36. The van der Waals surface area contributed by atoms with E-state index < -0.39 is 5.41 Å². The molecule has 6 heteroatoms. The van der Waals surface area contributed by atoms with Crippen molar-refractivity contribution in [2.75, 3.05) is 18.1 Å². The van der Waals surface area contributed by atoms with Gasteiger partial charge in [-0.2, -0.15) is 0 Å². The minimum atomic E-state index is -0.458. The highest BCUT2D eigenvalue weighted by Crippen LogP contribution is 2.32. The number of fused-ring (bicyclic) bond motifs is 1. The summed E-state index contributed by atoms with van der Waals surface area (Å²) in [4.78, 5) is 18.2. The van der Waals surface area contributed by atoms with E-state index in [0.717, 1.165) is 0 Å². The third kappa shape index (κ3) is 2.67. The van der Waals surface area contributed by atoms with E-state index >= 15 is 0 Å². The summed E-state index contributed by atoms with van der Waals surface area (Å²) in [7, 11) is 0. The van der Waals surface area contributed by atoms with Gasteiger partial charge in [0, 0.05) is 5.41 Å². The molecule has 0 atom stereocenters. The molecule has 0 aromatic carbocycles. The standard InChI is InChI=1S/C13H17N3O3/c1-13(2,3)12(17)16-6-7-19-11-10(16)5-4-9(15-11)8-14-18/h4-5,8,18H,6-7H2,1-3H3. The van der Waals surface area contributed by atoms with Crippen LogP contribution >= 0.6 is 0 Å². The summed E-state index contributed by atoms with van der Waals surface area (Å²) in [5.41, 5.74) is 0.674. The Morgan fingerprint density at radius 2 is 2.26 bits per heavy atom. The van der Waals surface area contributed by atoms with Gasteiger partial charge in [0.25, 0.3) is 0 Å². The van der Waals surface area contributed by atoms with Crippen LogP contribution in [0.1, 0.15) is 26.5 Å². The van der Waals surface area contributed by atoms with Crippen molar-refractivity contribution < 1.29 is 14.7 Å². The highest BCUT2D eigenvalue weighted by atomic mass is 16.5. The van der Waals surface area contributed by atoms with Gasteiger partial charge in [0.1, 0.15) is 12.3 Å². The number of nitrogens with zero attached hydrogens (tertiary/aromatic N) is 3. The molecule has 2 heterocycles. The smallest absolute Gasteiger partial charge is 0.238 e.